The molecule has 0 aromatic rings. The van der Waals surface area contributed by atoms with E-state index in [2.05, 4.69) is 0 Å². The largest absolute Gasteiger partial charge is 0.438 e. The summed E-state index contributed by atoms with van der Waals surface area (Å²) in [5.41, 5.74) is 0. The van der Waals surface area contributed by atoms with Gasteiger partial charge < -0.3 is 14.5 Å². The van der Waals surface area contributed by atoms with Crippen LogP contribution >= 0.6 is 0 Å². The smallest absolute Gasteiger partial charge is 0.257 e. The fourth-order valence-electron chi connectivity index (χ4n) is 1.33. The third-order valence-corrected chi connectivity index (χ3v) is 1.87. The molecule has 1 saturated heterocycles. The van der Waals surface area contributed by atoms with E-state index in [9.17, 15) is 0 Å². The molecule has 0 amide bonds. The Balaban J connectivity index is 2.41. The van der Waals surface area contributed by atoms with Gasteiger partial charge >= 0.3 is 0 Å². The number of hydrogen-bond acceptors (Lipinski definition) is 3. The highest BCUT2D eigenvalue weighted by Gasteiger charge is 2.31. The predicted molar refractivity (Wildman–Crippen MR) is 42.3 cm³/mol. The minimum Gasteiger partial charge on any atom is -0.438 e. The van der Waals surface area contributed by atoms with Gasteiger partial charge in [0.1, 0.15) is 14.0 Å². The van der Waals surface area contributed by atoms with Crippen LogP contribution in [-0.2, 0) is 9.39 Å². The van der Waals surface area contributed by atoms with Crippen molar-refractivity contribution < 1.29 is 14.5 Å². The molecule has 3 nitrogen and oxygen atoms in total. The van der Waals surface area contributed by atoms with E-state index in [4.69, 9.17) is 14.5 Å². The molecule has 3 atom stereocenters. The van der Waals surface area contributed by atoms with Crippen molar-refractivity contribution in [2.24, 2.45) is 0 Å². The number of ether oxygens (including phenoxy) is 1. The van der Waals surface area contributed by atoms with Crippen molar-refractivity contribution in [3.63, 3.8) is 0 Å². The summed E-state index contributed by atoms with van der Waals surface area (Å²) in [5, 5.41) is 8.78. The second-order valence-corrected chi connectivity index (χ2v) is 2.68. The fraction of sp³-hybridized carbons (Fsp3) is 1.00. The Morgan fingerprint density at radius 2 is 2.40 bits per heavy atom. The molecule has 1 aliphatic rings. The lowest BCUT2D eigenvalue weighted by molar-refractivity contribution is 0.00568. The van der Waals surface area contributed by atoms with E-state index in [-0.39, 0.29) is 24.8 Å². The van der Waals surface area contributed by atoms with Gasteiger partial charge in [0.25, 0.3) is 8.05 Å². The first-order chi connectivity index (χ1) is 4.77. The lowest BCUT2D eigenvalue weighted by atomic mass is 9.96. The molecular formula is C5H12B2O3. The first-order valence-electron chi connectivity index (χ1n) is 3.57. The highest BCUT2D eigenvalue weighted by molar-refractivity contribution is 6.11. The number of aliphatic hydroxyl groups excluding tert-OH is 1. The molecule has 10 heavy (non-hydrogen) atoms. The summed E-state index contributed by atoms with van der Waals surface area (Å²) >= 11 is 0. The third kappa shape index (κ3) is 1.54. The highest BCUT2D eigenvalue weighted by atomic mass is 16.5. The molecule has 0 bridgehead atoms. The lowest BCUT2D eigenvalue weighted by Gasteiger charge is -2.14. The van der Waals surface area contributed by atoms with Crippen molar-refractivity contribution in [3.05, 3.63) is 0 Å². The van der Waals surface area contributed by atoms with Crippen molar-refractivity contribution in [1.82, 2.24) is 0 Å². The SMILES string of the molecule is BOC1C[C@H](B)O[C@@H]1CO. The van der Waals surface area contributed by atoms with Crippen molar-refractivity contribution in [2.75, 3.05) is 6.61 Å². The first kappa shape index (κ1) is 8.11. The Hall–Kier alpha value is 0.00987. The van der Waals surface area contributed by atoms with Crippen LogP contribution < -0.4 is 0 Å². The second-order valence-electron chi connectivity index (χ2n) is 2.68. The lowest BCUT2D eigenvalue weighted by Crippen LogP contribution is -2.26. The number of hydrogen-bond donors (Lipinski definition) is 1. The molecule has 5 heteroatoms. The van der Waals surface area contributed by atoms with Crippen LogP contribution in [0.1, 0.15) is 6.42 Å². The molecule has 1 N–H and O–H groups in total. The van der Waals surface area contributed by atoms with Gasteiger partial charge in [-0.2, -0.15) is 0 Å². The van der Waals surface area contributed by atoms with Crippen LogP contribution in [-0.4, -0.2) is 45.8 Å². The molecule has 0 spiro atoms. The number of rotatable bonds is 2. The summed E-state index contributed by atoms with van der Waals surface area (Å²) in [6, 6.07) is 0.224. The Kier molecular flexibility index (Phi) is 2.77. The minimum atomic E-state index is -0.111. The molecule has 0 aromatic heterocycles. The molecular weight excluding hydrogens is 130 g/mol. The van der Waals surface area contributed by atoms with E-state index in [1.807, 2.05) is 7.85 Å². The van der Waals surface area contributed by atoms with Gasteiger partial charge in [-0.15, -0.1) is 0 Å². The maximum Gasteiger partial charge on any atom is 0.257 e. The zero-order valence-electron chi connectivity index (χ0n) is 6.41. The summed E-state index contributed by atoms with van der Waals surface area (Å²) in [6.45, 7) is 0.0584. The van der Waals surface area contributed by atoms with Gasteiger partial charge in [-0.25, -0.2) is 0 Å². The summed E-state index contributed by atoms with van der Waals surface area (Å²) in [6.07, 6.45) is 0.863. The summed E-state index contributed by atoms with van der Waals surface area (Å²) < 4.78 is 10.4. The van der Waals surface area contributed by atoms with Crippen LogP contribution in [0.3, 0.4) is 0 Å². The van der Waals surface area contributed by atoms with Gasteiger partial charge in [0, 0.05) is 6.00 Å². The minimum absolute atomic E-state index is 0.0584. The monoisotopic (exact) mass is 142 g/mol. The quantitative estimate of drug-likeness (QED) is 0.439. The maximum atomic E-state index is 8.78. The van der Waals surface area contributed by atoms with Crippen LogP contribution in [0, 0.1) is 0 Å². The molecule has 1 fully saturated rings. The molecule has 56 valence electrons. The van der Waals surface area contributed by atoms with Crippen LogP contribution in [0.2, 0.25) is 0 Å². The van der Waals surface area contributed by atoms with E-state index in [1.54, 1.807) is 8.05 Å². The van der Waals surface area contributed by atoms with Crippen molar-refractivity contribution in [1.29, 1.82) is 0 Å². The average Bonchev–Trinajstić information content (AvgIpc) is 2.30. The van der Waals surface area contributed by atoms with E-state index in [1.165, 1.54) is 0 Å². The van der Waals surface area contributed by atoms with Crippen LogP contribution in [0.15, 0.2) is 0 Å². The van der Waals surface area contributed by atoms with Crippen molar-refractivity contribution in [2.45, 2.75) is 24.6 Å². The standard InChI is InChI=1S/C5H12B2O3/c6-5-1-3(10-7)4(2-8)9-5/h3-5,8H,1-2,6-7H2/t3?,4-,5-/m1/s1. The van der Waals surface area contributed by atoms with Crippen LogP contribution in [0.4, 0.5) is 0 Å². The highest BCUT2D eigenvalue weighted by Crippen LogP contribution is 2.19. The zero-order valence-corrected chi connectivity index (χ0v) is 6.41. The van der Waals surface area contributed by atoms with Crippen molar-refractivity contribution >= 4 is 15.9 Å². The Bertz CT molecular complexity index is 99.1. The van der Waals surface area contributed by atoms with Gasteiger partial charge in [-0.1, -0.05) is 0 Å². The fourth-order valence-corrected chi connectivity index (χ4v) is 1.33. The van der Waals surface area contributed by atoms with E-state index in [0.29, 0.717) is 0 Å². The van der Waals surface area contributed by atoms with Gasteiger partial charge in [-0.05, 0) is 6.42 Å². The zero-order chi connectivity index (χ0) is 7.56. The van der Waals surface area contributed by atoms with Crippen molar-refractivity contribution in [3.8, 4) is 0 Å². The van der Waals surface area contributed by atoms with Gasteiger partial charge in [0.15, 0.2) is 0 Å². The van der Waals surface area contributed by atoms with E-state index in [0.717, 1.165) is 6.42 Å². The molecule has 1 rings (SSSR count). The maximum absolute atomic E-state index is 8.78. The molecule has 0 aliphatic carbocycles. The third-order valence-electron chi connectivity index (χ3n) is 1.87. The van der Waals surface area contributed by atoms with Gasteiger partial charge in [0.05, 0.1) is 12.7 Å². The Morgan fingerprint density at radius 3 is 2.80 bits per heavy atom. The Labute approximate surface area is 62.6 Å². The summed E-state index contributed by atoms with van der Waals surface area (Å²) in [7, 11) is 3.64. The first-order valence-corrected chi connectivity index (χ1v) is 3.57. The molecule has 0 radical (unpaired) electrons. The van der Waals surface area contributed by atoms with Crippen LogP contribution in [0.5, 0.6) is 0 Å². The Morgan fingerprint density at radius 1 is 1.70 bits per heavy atom. The summed E-state index contributed by atoms with van der Waals surface area (Å²) in [5.74, 6) is 0. The molecule has 1 heterocycles. The summed E-state index contributed by atoms with van der Waals surface area (Å²) in [4.78, 5) is 0. The molecule has 1 aliphatic heterocycles. The topological polar surface area (TPSA) is 38.7 Å². The van der Waals surface area contributed by atoms with Gasteiger partial charge in [-0.3, -0.25) is 0 Å². The predicted octanol–water partition coefficient (Wildman–Crippen LogP) is -2.34. The van der Waals surface area contributed by atoms with E-state index >= 15 is 0 Å². The van der Waals surface area contributed by atoms with Gasteiger partial charge in [0.2, 0.25) is 0 Å². The van der Waals surface area contributed by atoms with E-state index < -0.39 is 0 Å². The number of aliphatic hydroxyl groups is 1. The molecule has 1 unspecified atom stereocenters. The molecule has 0 saturated carbocycles. The van der Waals surface area contributed by atoms with Crippen LogP contribution in [0.25, 0.3) is 0 Å². The normalized spacial score (nSPS) is 40.3. The molecule has 0 aromatic carbocycles. The average molecular weight is 142 g/mol. The second kappa shape index (κ2) is 3.42.